The standard InChI is InChI=1S/C25H22FN5O3/c26-19-5-1-2-6-22(19)30-10-12-31(13-11-30)23(32)16-34-25(33)17-7-8-20-21(14-17)29-24(28-20)18-4-3-9-27-15-18/h1-9,14-15H,10-13,16H2,(H,28,29). The van der Waals surface area contributed by atoms with Gasteiger partial charge in [-0.25, -0.2) is 14.2 Å². The van der Waals surface area contributed by atoms with Gasteiger partial charge < -0.3 is 19.5 Å². The van der Waals surface area contributed by atoms with E-state index in [1.807, 2.05) is 17.0 Å². The molecule has 0 saturated carbocycles. The number of hydrogen-bond donors (Lipinski definition) is 1. The van der Waals surface area contributed by atoms with Crippen LogP contribution in [0.3, 0.4) is 0 Å². The van der Waals surface area contributed by atoms with Crippen molar-refractivity contribution in [3.63, 3.8) is 0 Å². The number of rotatable bonds is 5. The van der Waals surface area contributed by atoms with Crippen LogP contribution in [0.5, 0.6) is 0 Å². The van der Waals surface area contributed by atoms with Gasteiger partial charge in [-0.3, -0.25) is 9.78 Å². The highest BCUT2D eigenvalue weighted by Crippen LogP contribution is 2.22. The number of carbonyl (C=O) groups excluding carboxylic acids is 2. The van der Waals surface area contributed by atoms with E-state index in [1.54, 1.807) is 53.7 Å². The van der Waals surface area contributed by atoms with Gasteiger partial charge in [0.15, 0.2) is 6.61 Å². The number of benzene rings is 2. The van der Waals surface area contributed by atoms with Crippen LogP contribution < -0.4 is 4.90 Å². The number of nitrogens with one attached hydrogen (secondary N) is 1. The van der Waals surface area contributed by atoms with E-state index in [2.05, 4.69) is 15.0 Å². The van der Waals surface area contributed by atoms with Gasteiger partial charge in [-0.1, -0.05) is 12.1 Å². The molecule has 4 aromatic rings. The van der Waals surface area contributed by atoms with Crippen molar-refractivity contribution in [2.24, 2.45) is 0 Å². The maximum atomic E-state index is 14.0. The average molecular weight is 459 g/mol. The molecule has 0 spiro atoms. The number of imidazole rings is 1. The minimum absolute atomic E-state index is 0.275. The Balaban J connectivity index is 1.17. The van der Waals surface area contributed by atoms with E-state index in [1.165, 1.54) is 6.07 Å². The van der Waals surface area contributed by atoms with Gasteiger partial charge in [0.25, 0.3) is 5.91 Å². The minimum Gasteiger partial charge on any atom is -0.452 e. The number of aromatic amines is 1. The number of anilines is 1. The Morgan fingerprint density at radius 2 is 1.85 bits per heavy atom. The van der Waals surface area contributed by atoms with Crippen molar-refractivity contribution in [1.82, 2.24) is 19.9 Å². The van der Waals surface area contributed by atoms with Crippen molar-refractivity contribution in [3.8, 4) is 11.4 Å². The largest absolute Gasteiger partial charge is 0.452 e. The van der Waals surface area contributed by atoms with Crippen LogP contribution in [0.25, 0.3) is 22.4 Å². The Morgan fingerprint density at radius 1 is 1.03 bits per heavy atom. The molecular formula is C25H22FN5O3. The zero-order chi connectivity index (χ0) is 23.5. The molecule has 3 heterocycles. The Hall–Kier alpha value is -4.27. The van der Waals surface area contributed by atoms with Gasteiger partial charge in [-0.05, 0) is 42.5 Å². The SMILES string of the molecule is O=C(OCC(=O)N1CCN(c2ccccc2F)CC1)c1ccc2nc(-c3cccnc3)[nH]c2c1. The summed E-state index contributed by atoms with van der Waals surface area (Å²) in [7, 11) is 0. The normalized spacial score (nSPS) is 13.8. The highest BCUT2D eigenvalue weighted by molar-refractivity contribution is 5.95. The summed E-state index contributed by atoms with van der Waals surface area (Å²) in [6, 6.07) is 15.3. The molecule has 0 atom stereocenters. The predicted molar refractivity (Wildman–Crippen MR) is 125 cm³/mol. The number of hydrogen-bond acceptors (Lipinski definition) is 6. The summed E-state index contributed by atoms with van der Waals surface area (Å²) in [5.74, 6) is -0.489. The number of esters is 1. The number of H-pyrrole nitrogens is 1. The Labute approximate surface area is 195 Å². The molecule has 1 aliphatic heterocycles. The fraction of sp³-hybridized carbons (Fsp3) is 0.200. The molecule has 1 fully saturated rings. The van der Waals surface area contributed by atoms with Crippen LogP contribution >= 0.6 is 0 Å². The Bertz CT molecular complexity index is 1330. The number of para-hydroxylation sites is 1. The number of ether oxygens (including phenoxy) is 1. The molecule has 8 nitrogen and oxygen atoms in total. The number of piperazine rings is 1. The molecule has 172 valence electrons. The third-order valence-corrected chi connectivity index (χ3v) is 5.80. The van der Waals surface area contributed by atoms with Gasteiger partial charge in [0.2, 0.25) is 0 Å². The van der Waals surface area contributed by atoms with Gasteiger partial charge in [0.05, 0.1) is 22.3 Å². The molecule has 9 heteroatoms. The lowest BCUT2D eigenvalue weighted by atomic mass is 10.2. The van der Waals surface area contributed by atoms with E-state index in [0.29, 0.717) is 54.3 Å². The van der Waals surface area contributed by atoms with E-state index in [-0.39, 0.29) is 18.3 Å². The molecule has 1 N–H and O–H groups in total. The highest BCUT2D eigenvalue weighted by Gasteiger charge is 2.23. The second-order valence-electron chi connectivity index (χ2n) is 7.95. The van der Waals surface area contributed by atoms with Crippen LogP contribution in [0.2, 0.25) is 0 Å². The van der Waals surface area contributed by atoms with Gasteiger partial charge >= 0.3 is 5.97 Å². The summed E-state index contributed by atoms with van der Waals surface area (Å²) in [6.07, 6.45) is 3.39. The summed E-state index contributed by atoms with van der Waals surface area (Å²) in [5, 5.41) is 0. The monoisotopic (exact) mass is 459 g/mol. The minimum atomic E-state index is -0.585. The maximum absolute atomic E-state index is 14.0. The molecule has 0 bridgehead atoms. The van der Waals surface area contributed by atoms with E-state index in [0.717, 1.165) is 5.56 Å². The summed E-state index contributed by atoms with van der Waals surface area (Å²) >= 11 is 0. The zero-order valence-corrected chi connectivity index (χ0v) is 18.3. The molecule has 1 aliphatic rings. The first-order valence-electron chi connectivity index (χ1n) is 10.9. The second kappa shape index (κ2) is 9.30. The summed E-state index contributed by atoms with van der Waals surface area (Å²) in [4.78, 5) is 40.4. The van der Waals surface area contributed by atoms with Gasteiger partial charge in [-0.15, -0.1) is 0 Å². The van der Waals surface area contributed by atoms with Crippen LogP contribution in [0.15, 0.2) is 67.0 Å². The van der Waals surface area contributed by atoms with Crippen molar-refractivity contribution in [1.29, 1.82) is 0 Å². The third-order valence-electron chi connectivity index (χ3n) is 5.80. The molecule has 0 unspecified atom stereocenters. The molecule has 0 aliphatic carbocycles. The number of fused-ring (bicyclic) bond motifs is 1. The Kier molecular flexibility index (Phi) is 5.90. The lowest BCUT2D eigenvalue weighted by Gasteiger charge is -2.36. The average Bonchev–Trinajstić information content (AvgIpc) is 3.32. The molecule has 1 saturated heterocycles. The van der Waals surface area contributed by atoms with Gasteiger partial charge in [-0.2, -0.15) is 0 Å². The number of carbonyl (C=O) groups is 2. The van der Waals surface area contributed by atoms with E-state index >= 15 is 0 Å². The second-order valence-corrected chi connectivity index (χ2v) is 7.95. The third kappa shape index (κ3) is 4.45. The molecule has 0 radical (unpaired) electrons. The van der Waals surface area contributed by atoms with E-state index < -0.39 is 5.97 Å². The number of nitrogens with zero attached hydrogens (tertiary/aromatic N) is 4. The first kappa shape index (κ1) is 21.6. The van der Waals surface area contributed by atoms with E-state index in [9.17, 15) is 14.0 Å². The quantitative estimate of drug-likeness (QED) is 0.461. The predicted octanol–water partition coefficient (Wildman–Crippen LogP) is 3.27. The lowest BCUT2D eigenvalue weighted by molar-refractivity contribution is -0.134. The number of halogens is 1. The van der Waals surface area contributed by atoms with Crippen LogP contribution in [-0.2, 0) is 9.53 Å². The topological polar surface area (TPSA) is 91.4 Å². The van der Waals surface area contributed by atoms with Gasteiger partial charge in [0, 0.05) is 44.1 Å². The number of amides is 1. The van der Waals surface area contributed by atoms with Crippen LogP contribution in [0.1, 0.15) is 10.4 Å². The first-order chi connectivity index (χ1) is 16.6. The number of aromatic nitrogens is 3. The maximum Gasteiger partial charge on any atom is 0.338 e. The smallest absolute Gasteiger partial charge is 0.338 e. The molecule has 1 amide bonds. The zero-order valence-electron chi connectivity index (χ0n) is 18.3. The van der Waals surface area contributed by atoms with E-state index in [4.69, 9.17) is 4.74 Å². The van der Waals surface area contributed by atoms with Crippen LogP contribution in [0, 0.1) is 5.82 Å². The highest BCUT2D eigenvalue weighted by atomic mass is 19.1. The molecular weight excluding hydrogens is 437 g/mol. The van der Waals surface area contributed by atoms with Crippen LogP contribution in [0.4, 0.5) is 10.1 Å². The van der Waals surface area contributed by atoms with Gasteiger partial charge in [0.1, 0.15) is 11.6 Å². The lowest BCUT2D eigenvalue weighted by Crippen LogP contribution is -2.50. The molecule has 34 heavy (non-hydrogen) atoms. The molecule has 2 aromatic carbocycles. The van der Waals surface area contributed by atoms with Crippen LogP contribution in [-0.4, -0.2) is 64.5 Å². The Morgan fingerprint density at radius 3 is 2.62 bits per heavy atom. The summed E-state index contributed by atoms with van der Waals surface area (Å²) in [5.41, 5.74) is 3.08. The van der Waals surface area contributed by atoms with Crippen molar-refractivity contribution in [2.75, 3.05) is 37.7 Å². The van der Waals surface area contributed by atoms with Crippen molar-refractivity contribution >= 4 is 28.6 Å². The molecule has 5 rings (SSSR count). The van der Waals surface area contributed by atoms with Crippen molar-refractivity contribution < 1.29 is 18.7 Å². The molecule has 2 aromatic heterocycles. The van der Waals surface area contributed by atoms with Crippen molar-refractivity contribution in [2.45, 2.75) is 0 Å². The fourth-order valence-corrected chi connectivity index (χ4v) is 3.98. The summed E-state index contributed by atoms with van der Waals surface area (Å²) in [6.45, 7) is 1.54. The summed E-state index contributed by atoms with van der Waals surface area (Å²) < 4.78 is 19.3. The fourth-order valence-electron chi connectivity index (χ4n) is 3.98. The van der Waals surface area contributed by atoms with Crippen molar-refractivity contribution in [3.05, 3.63) is 78.4 Å². The first-order valence-corrected chi connectivity index (χ1v) is 10.9. The number of pyridine rings is 1.